The fourth-order valence-electron chi connectivity index (χ4n) is 2.21. The van der Waals surface area contributed by atoms with Crippen LogP contribution >= 0.6 is 11.6 Å². The molecule has 20 heavy (non-hydrogen) atoms. The van der Waals surface area contributed by atoms with E-state index in [1.807, 2.05) is 0 Å². The molecule has 2 N–H and O–H groups in total. The van der Waals surface area contributed by atoms with Gasteiger partial charge in [-0.2, -0.15) is 0 Å². The summed E-state index contributed by atoms with van der Waals surface area (Å²) in [5.74, 6) is -2.31. The average molecular weight is 294 g/mol. The first kappa shape index (κ1) is 14.3. The summed E-state index contributed by atoms with van der Waals surface area (Å²) >= 11 is 6.03. The standard InChI is InChI=1S/C14H12ClNO4/c1-8-4-5-14(13(19)20,7-9(8)12(17)18)11-10(15)3-2-6-16-11/h2-6H,7H2,1H3,(H,17,18)(H,19,20). The Hall–Kier alpha value is -2.14. The van der Waals surface area contributed by atoms with E-state index in [-0.39, 0.29) is 22.7 Å². The maximum Gasteiger partial charge on any atom is 0.331 e. The Bertz CT molecular complexity index is 650. The predicted molar refractivity (Wildman–Crippen MR) is 72.7 cm³/mol. The van der Waals surface area contributed by atoms with Crippen LogP contribution in [-0.4, -0.2) is 27.1 Å². The third kappa shape index (κ3) is 2.20. The molecule has 0 fully saturated rings. The zero-order valence-electron chi connectivity index (χ0n) is 10.6. The van der Waals surface area contributed by atoms with Crippen LogP contribution < -0.4 is 0 Å². The molecule has 0 radical (unpaired) electrons. The molecule has 1 aromatic heterocycles. The second-order valence-electron chi connectivity index (χ2n) is 4.59. The summed E-state index contributed by atoms with van der Waals surface area (Å²) < 4.78 is 0. The number of carboxylic acid groups (broad SMARTS) is 2. The predicted octanol–water partition coefficient (Wildman–Crippen LogP) is 2.42. The fourth-order valence-corrected chi connectivity index (χ4v) is 2.50. The van der Waals surface area contributed by atoms with Gasteiger partial charge >= 0.3 is 11.9 Å². The highest BCUT2D eigenvalue weighted by Crippen LogP contribution is 2.39. The average Bonchev–Trinajstić information content (AvgIpc) is 2.40. The summed E-state index contributed by atoms with van der Waals surface area (Å²) in [6.07, 6.45) is 4.19. The van der Waals surface area contributed by atoms with Crippen molar-refractivity contribution in [1.82, 2.24) is 4.98 Å². The number of carbonyl (C=O) groups is 2. The molecule has 5 nitrogen and oxygen atoms in total. The molecule has 1 atom stereocenters. The number of carboxylic acids is 2. The van der Waals surface area contributed by atoms with Crippen LogP contribution in [0.3, 0.4) is 0 Å². The normalized spacial score (nSPS) is 21.9. The molecule has 104 valence electrons. The van der Waals surface area contributed by atoms with Gasteiger partial charge in [0.2, 0.25) is 0 Å². The third-order valence-corrected chi connectivity index (χ3v) is 3.68. The van der Waals surface area contributed by atoms with Gasteiger partial charge in [-0.05, 0) is 24.6 Å². The molecule has 6 heteroatoms. The van der Waals surface area contributed by atoms with Crippen LogP contribution in [0.1, 0.15) is 19.0 Å². The number of aliphatic carboxylic acids is 2. The Morgan fingerprint density at radius 2 is 2.10 bits per heavy atom. The molecule has 1 aromatic rings. The Balaban J connectivity index is 2.62. The molecule has 0 aliphatic heterocycles. The molecule has 1 aliphatic rings. The van der Waals surface area contributed by atoms with Crippen LogP contribution in [0.2, 0.25) is 5.02 Å². The van der Waals surface area contributed by atoms with E-state index < -0.39 is 17.4 Å². The van der Waals surface area contributed by atoms with Gasteiger partial charge in [-0.15, -0.1) is 0 Å². The van der Waals surface area contributed by atoms with Gasteiger partial charge in [0.05, 0.1) is 10.7 Å². The molecular weight excluding hydrogens is 282 g/mol. The van der Waals surface area contributed by atoms with Crippen molar-refractivity contribution in [2.75, 3.05) is 0 Å². The monoisotopic (exact) mass is 293 g/mol. The second-order valence-corrected chi connectivity index (χ2v) is 4.99. The molecule has 0 amide bonds. The van der Waals surface area contributed by atoms with Gasteiger partial charge < -0.3 is 10.2 Å². The molecule has 0 aromatic carbocycles. The zero-order valence-corrected chi connectivity index (χ0v) is 11.4. The van der Waals surface area contributed by atoms with Crippen LogP contribution in [0.4, 0.5) is 0 Å². The maximum absolute atomic E-state index is 11.7. The van der Waals surface area contributed by atoms with Crippen LogP contribution in [0.15, 0.2) is 41.6 Å². The third-order valence-electron chi connectivity index (χ3n) is 3.37. The van der Waals surface area contributed by atoms with Crippen LogP contribution in [0.25, 0.3) is 0 Å². The summed E-state index contributed by atoms with van der Waals surface area (Å²) in [6.45, 7) is 1.63. The highest BCUT2D eigenvalue weighted by molar-refractivity contribution is 6.31. The first-order chi connectivity index (χ1) is 9.38. The quantitative estimate of drug-likeness (QED) is 0.893. The smallest absolute Gasteiger partial charge is 0.331 e. The van der Waals surface area contributed by atoms with Crippen molar-refractivity contribution in [3.05, 3.63) is 52.3 Å². The first-order valence-electron chi connectivity index (χ1n) is 5.85. The van der Waals surface area contributed by atoms with E-state index in [2.05, 4.69) is 4.98 Å². The summed E-state index contributed by atoms with van der Waals surface area (Å²) in [6, 6.07) is 3.13. The minimum Gasteiger partial charge on any atom is -0.480 e. The Morgan fingerprint density at radius 1 is 1.40 bits per heavy atom. The Labute approximate surface area is 120 Å². The molecule has 0 saturated carbocycles. The van der Waals surface area contributed by atoms with Gasteiger partial charge in [-0.25, -0.2) is 4.79 Å². The number of hydrogen-bond acceptors (Lipinski definition) is 3. The number of halogens is 1. The molecule has 0 saturated heterocycles. The highest BCUT2D eigenvalue weighted by Gasteiger charge is 2.44. The van der Waals surface area contributed by atoms with Crippen molar-refractivity contribution < 1.29 is 19.8 Å². The number of nitrogens with zero attached hydrogens (tertiary/aromatic N) is 1. The maximum atomic E-state index is 11.7. The molecular formula is C14H12ClNO4. The van der Waals surface area contributed by atoms with E-state index in [9.17, 15) is 19.8 Å². The number of allylic oxidation sites excluding steroid dienone is 2. The number of rotatable bonds is 3. The van der Waals surface area contributed by atoms with Crippen molar-refractivity contribution >= 4 is 23.5 Å². The molecule has 0 spiro atoms. The van der Waals surface area contributed by atoms with E-state index in [4.69, 9.17) is 11.6 Å². The van der Waals surface area contributed by atoms with E-state index in [0.717, 1.165) is 0 Å². The van der Waals surface area contributed by atoms with Crippen molar-refractivity contribution in [2.45, 2.75) is 18.8 Å². The molecule has 1 aliphatic carbocycles. The summed E-state index contributed by atoms with van der Waals surface area (Å²) in [4.78, 5) is 27.0. The molecule has 0 bridgehead atoms. The van der Waals surface area contributed by atoms with Crippen molar-refractivity contribution in [3.63, 3.8) is 0 Å². The van der Waals surface area contributed by atoms with Gasteiger partial charge in [-0.3, -0.25) is 9.78 Å². The highest BCUT2D eigenvalue weighted by atomic mass is 35.5. The van der Waals surface area contributed by atoms with Gasteiger partial charge in [-0.1, -0.05) is 23.8 Å². The largest absolute Gasteiger partial charge is 0.480 e. The van der Waals surface area contributed by atoms with E-state index in [1.54, 1.807) is 13.0 Å². The first-order valence-corrected chi connectivity index (χ1v) is 6.23. The molecule has 1 unspecified atom stereocenters. The fraction of sp³-hybridized carbons (Fsp3) is 0.214. The van der Waals surface area contributed by atoms with Gasteiger partial charge in [0.15, 0.2) is 0 Å². The lowest BCUT2D eigenvalue weighted by Gasteiger charge is -2.29. The number of hydrogen-bond donors (Lipinski definition) is 2. The summed E-state index contributed by atoms with van der Waals surface area (Å²) in [5.41, 5.74) is -0.819. The lowest BCUT2D eigenvalue weighted by molar-refractivity contribution is -0.142. The van der Waals surface area contributed by atoms with Crippen molar-refractivity contribution in [2.24, 2.45) is 0 Å². The number of aromatic nitrogens is 1. The Morgan fingerprint density at radius 3 is 2.65 bits per heavy atom. The van der Waals surface area contributed by atoms with Crippen LogP contribution in [0.5, 0.6) is 0 Å². The van der Waals surface area contributed by atoms with Crippen molar-refractivity contribution in [1.29, 1.82) is 0 Å². The SMILES string of the molecule is CC1=C(C(=O)O)CC(C(=O)O)(c2ncccc2Cl)C=C1. The summed E-state index contributed by atoms with van der Waals surface area (Å²) in [7, 11) is 0. The van der Waals surface area contributed by atoms with E-state index >= 15 is 0 Å². The van der Waals surface area contributed by atoms with Gasteiger partial charge in [0.1, 0.15) is 5.41 Å². The molecule has 2 rings (SSSR count). The topological polar surface area (TPSA) is 87.5 Å². The minimum atomic E-state index is -1.55. The lowest BCUT2D eigenvalue weighted by Crippen LogP contribution is -2.38. The van der Waals surface area contributed by atoms with Gasteiger partial charge in [0.25, 0.3) is 0 Å². The lowest BCUT2D eigenvalue weighted by atomic mass is 9.73. The Kier molecular flexibility index (Phi) is 3.63. The van der Waals surface area contributed by atoms with Crippen LogP contribution in [0, 0.1) is 0 Å². The van der Waals surface area contributed by atoms with Crippen LogP contribution in [-0.2, 0) is 15.0 Å². The number of pyridine rings is 1. The van der Waals surface area contributed by atoms with Crippen molar-refractivity contribution in [3.8, 4) is 0 Å². The van der Waals surface area contributed by atoms with E-state index in [0.29, 0.717) is 5.57 Å². The zero-order chi connectivity index (χ0) is 14.9. The summed E-state index contributed by atoms with van der Waals surface area (Å²) in [5, 5.41) is 19.0. The minimum absolute atomic E-state index is 0.0524. The molecule has 1 heterocycles. The van der Waals surface area contributed by atoms with Gasteiger partial charge in [0, 0.05) is 18.2 Å². The second kappa shape index (κ2) is 5.09. The van der Waals surface area contributed by atoms with E-state index in [1.165, 1.54) is 24.4 Å².